The molecule has 0 aliphatic carbocycles. The monoisotopic (exact) mass is 271 g/mol. The van der Waals surface area contributed by atoms with Crippen molar-refractivity contribution >= 4 is 15.9 Å². The third kappa shape index (κ3) is 3.43. The van der Waals surface area contributed by atoms with E-state index in [0.29, 0.717) is 5.56 Å². The van der Waals surface area contributed by atoms with Crippen LogP contribution >= 0.6 is 15.9 Å². The van der Waals surface area contributed by atoms with Gasteiger partial charge in [-0.3, -0.25) is 0 Å². The molecule has 1 aromatic rings. The van der Waals surface area contributed by atoms with E-state index in [4.69, 9.17) is 0 Å². The summed E-state index contributed by atoms with van der Waals surface area (Å²) in [7, 11) is 0. The fourth-order valence-corrected chi connectivity index (χ4v) is 1.71. The predicted octanol–water partition coefficient (Wildman–Crippen LogP) is 3.81. The maximum absolute atomic E-state index is 13.6. The molecule has 3 heteroatoms. The van der Waals surface area contributed by atoms with Crippen LogP contribution in [0.4, 0.5) is 4.39 Å². The van der Waals surface area contributed by atoms with Gasteiger partial charge in [0.25, 0.3) is 0 Å². The zero-order valence-corrected chi connectivity index (χ0v) is 10.3. The van der Waals surface area contributed by atoms with Crippen molar-refractivity contribution in [3.05, 3.63) is 46.7 Å². The van der Waals surface area contributed by atoms with Gasteiger partial charge in [-0.1, -0.05) is 35.0 Å². The fraction of sp³-hybridized carbons (Fsp3) is 0.333. The van der Waals surface area contributed by atoms with E-state index in [1.54, 1.807) is 12.1 Å². The van der Waals surface area contributed by atoms with Crippen molar-refractivity contribution < 1.29 is 4.39 Å². The molecule has 1 atom stereocenters. The number of rotatable bonds is 5. The van der Waals surface area contributed by atoms with Crippen molar-refractivity contribution in [2.45, 2.75) is 19.4 Å². The molecule has 0 amide bonds. The number of hydrogen-bond donors (Lipinski definition) is 1. The first-order valence-corrected chi connectivity index (χ1v) is 5.79. The van der Waals surface area contributed by atoms with Gasteiger partial charge in [-0.05, 0) is 25.1 Å². The molecule has 0 aromatic heterocycles. The Bertz CT molecular complexity index is 338. The SMILES string of the molecule is C=CC(NCCC)c1ccc(Br)cc1F. The zero-order chi connectivity index (χ0) is 11.3. The van der Waals surface area contributed by atoms with Crippen LogP contribution in [-0.2, 0) is 0 Å². The summed E-state index contributed by atoms with van der Waals surface area (Å²) in [6.07, 6.45) is 2.74. The van der Waals surface area contributed by atoms with Crippen molar-refractivity contribution in [3.63, 3.8) is 0 Å². The molecule has 82 valence electrons. The Morgan fingerprint density at radius 2 is 2.33 bits per heavy atom. The van der Waals surface area contributed by atoms with Gasteiger partial charge in [0.05, 0.1) is 6.04 Å². The van der Waals surface area contributed by atoms with Crippen LogP contribution in [0, 0.1) is 5.82 Å². The molecule has 0 aliphatic rings. The zero-order valence-electron chi connectivity index (χ0n) is 8.76. The second-order valence-corrected chi connectivity index (χ2v) is 4.25. The highest BCUT2D eigenvalue weighted by Crippen LogP contribution is 2.21. The van der Waals surface area contributed by atoms with Gasteiger partial charge in [-0.2, -0.15) is 0 Å². The van der Waals surface area contributed by atoms with Crippen molar-refractivity contribution in [2.24, 2.45) is 0 Å². The van der Waals surface area contributed by atoms with Crippen molar-refractivity contribution in [3.8, 4) is 0 Å². The molecule has 1 rings (SSSR count). The first-order chi connectivity index (χ1) is 7.19. The number of benzene rings is 1. The molecule has 1 aromatic carbocycles. The molecule has 15 heavy (non-hydrogen) atoms. The Morgan fingerprint density at radius 3 is 2.87 bits per heavy atom. The molecule has 0 radical (unpaired) electrons. The van der Waals surface area contributed by atoms with E-state index >= 15 is 0 Å². The molecule has 0 heterocycles. The van der Waals surface area contributed by atoms with Crippen LogP contribution in [0.2, 0.25) is 0 Å². The highest BCUT2D eigenvalue weighted by atomic mass is 79.9. The van der Waals surface area contributed by atoms with Gasteiger partial charge in [-0.25, -0.2) is 4.39 Å². The summed E-state index contributed by atoms with van der Waals surface area (Å²) < 4.78 is 14.3. The molecule has 1 nitrogen and oxygen atoms in total. The van der Waals surface area contributed by atoms with Gasteiger partial charge in [0.1, 0.15) is 5.82 Å². The van der Waals surface area contributed by atoms with E-state index in [1.807, 2.05) is 6.07 Å². The Balaban J connectivity index is 2.86. The third-order valence-electron chi connectivity index (χ3n) is 2.15. The largest absolute Gasteiger partial charge is 0.307 e. The first-order valence-electron chi connectivity index (χ1n) is 5.00. The fourth-order valence-electron chi connectivity index (χ4n) is 1.37. The van der Waals surface area contributed by atoms with Gasteiger partial charge < -0.3 is 5.32 Å². The van der Waals surface area contributed by atoms with Crippen molar-refractivity contribution in [2.75, 3.05) is 6.54 Å². The Hall–Kier alpha value is -0.670. The van der Waals surface area contributed by atoms with Gasteiger partial charge in [0.2, 0.25) is 0 Å². The lowest BCUT2D eigenvalue weighted by atomic mass is 10.1. The Kier molecular flexibility index (Phi) is 4.99. The van der Waals surface area contributed by atoms with Crippen LogP contribution in [0.25, 0.3) is 0 Å². The standard InChI is InChI=1S/C12H15BrFN/c1-3-7-15-12(4-2)10-6-5-9(13)8-11(10)14/h4-6,8,12,15H,2-3,7H2,1H3. The Morgan fingerprint density at radius 1 is 1.60 bits per heavy atom. The maximum atomic E-state index is 13.6. The number of hydrogen-bond acceptors (Lipinski definition) is 1. The van der Waals surface area contributed by atoms with Gasteiger partial charge in [0.15, 0.2) is 0 Å². The number of halogens is 2. The normalized spacial score (nSPS) is 12.5. The molecule has 1 N–H and O–H groups in total. The van der Waals surface area contributed by atoms with Crippen LogP contribution < -0.4 is 5.32 Å². The Labute approximate surface area is 98.5 Å². The smallest absolute Gasteiger partial charge is 0.129 e. The summed E-state index contributed by atoms with van der Waals surface area (Å²) >= 11 is 3.23. The van der Waals surface area contributed by atoms with Crippen LogP contribution in [-0.4, -0.2) is 6.54 Å². The minimum absolute atomic E-state index is 0.113. The van der Waals surface area contributed by atoms with Gasteiger partial charge in [0, 0.05) is 10.0 Å². The van der Waals surface area contributed by atoms with Crippen LogP contribution in [0.1, 0.15) is 24.9 Å². The molecule has 0 bridgehead atoms. The molecule has 0 saturated heterocycles. The maximum Gasteiger partial charge on any atom is 0.129 e. The molecule has 0 saturated carbocycles. The van der Waals surface area contributed by atoms with E-state index in [2.05, 4.69) is 34.7 Å². The highest BCUT2D eigenvalue weighted by Gasteiger charge is 2.11. The summed E-state index contributed by atoms with van der Waals surface area (Å²) in [4.78, 5) is 0. The molecule has 0 aliphatic heterocycles. The van der Waals surface area contributed by atoms with E-state index in [0.717, 1.165) is 17.4 Å². The first kappa shape index (κ1) is 12.4. The average Bonchev–Trinajstić information content (AvgIpc) is 2.21. The van der Waals surface area contributed by atoms with Crippen LogP contribution in [0.3, 0.4) is 0 Å². The van der Waals surface area contributed by atoms with Gasteiger partial charge >= 0.3 is 0 Å². The topological polar surface area (TPSA) is 12.0 Å². The van der Waals surface area contributed by atoms with E-state index in [1.165, 1.54) is 6.07 Å². The second kappa shape index (κ2) is 6.03. The van der Waals surface area contributed by atoms with Crippen LogP contribution in [0.5, 0.6) is 0 Å². The second-order valence-electron chi connectivity index (χ2n) is 3.33. The van der Waals surface area contributed by atoms with Crippen molar-refractivity contribution in [1.82, 2.24) is 5.32 Å². The summed E-state index contributed by atoms with van der Waals surface area (Å²) in [5.74, 6) is -0.210. The van der Waals surface area contributed by atoms with E-state index in [-0.39, 0.29) is 11.9 Å². The minimum Gasteiger partial charge on any atom is -0.307 e. The lowest BCUT2D eigenvalue weighted by molar-refractivity contribution is 0.555. The summed E-state index contributed by atoms with van der Waals surface area (Å²) in [5, 5.41) is 3.22. The summed E-state index contributed by atoms with van der Waals surface area (Å²) in [6, 6.07) is 4.97. The average molecular weight is 272 g/mol. The van der Waals surface area contributed by atoms with E-state index < -0.39 is 0 Å². The van der Waals surface area contributed by atoms with Crippen LogP contribution in [0.15, 0.2) is 35.3 Å². The molecular weight excluding hydrogens is 257 g/mol. The lowest BCUT2D eigenvalue weighted by Gasteiger charge is -2.15. The predicted molar refractivity (Wildman–Crippen MR) is 65.3 cm³/mol. The number of nitrogens with one attached hydrogen (secondary N) is 1. The molecule has 0 spiro atoms. The summed E-state index contributed by atoms with van der Waals surface area (Å²) in [6.45, 7) is 6.64. The molecule has 0 fully saturated rings. The third-order valence-corrected chi connectivity index (χ3v) is 2.64. The van der Waals surface area contributed by atoms with E-state index in [9.17, 15) is 4.39 Å². The lowest BCUT2D eigenvalue weighted by Crippen LogP contribution is -2.21. The van der Waals surface area contributed by atoms with Crippen molar-refractivity contribution in [1.29, 1.82) is 0 Å². The highest BCUT2D eigenvalue weighted by molar-refractivity contribution is 9.10. The van der Waals surface area contributed by atoms with Gasteiger partial charge in [-0.15, -0.1) is 6.58 Å². The molecular formula is C12H15BrFN. The quantitative estimate of drug-likeness (QED) is 0.803. The minimum atomic E-state index is -0.210. The summed E-state index contributed by atoms with van der Waals surface area (Å²) in [5.41, 5.74) is 0.640. The molecule has 1 unspecified atom stereocenters.